The van der Waals surface area contributed by atoms with E-state index >= 15 is 0 Å². The minimum absolute atomic E-state index is 0.321. The van der Waals surface area contributed by atoms with Crippen LogP contribution >= 0.6 is 23.2 Å². The predicted octanol–water partition coefficient (Wildman–Crippen LogP) is 4.13. The van der Waals surface area contributed by atoms with Gasteiger partial charge in [-0.15, -0.1) is 23.2 Å². The Labute approximate surface area is 92.9 Å². The van der Waals surface area contributed by atoms with Crippen molar-refractivity contribution in [2.24, 2.45) is 0 Å². The molecule has 0 aromatic heterocycles. The third-order valence-corrected chi connectivity index (χ3v) is 7.15. The molecule has 0 aromatic rings. The molecule has 80 valence electrons. The van der Waals surface area contributed by atoms with Gasteiger partial charge >= 0.3 is 0 Å². The van der Waals surface area contributed by atoms with Gasteiger partial charge in [0.15, 0.2) is 0 Å². The Morgan fingerprint density at radius 2 is 1.77 bits per heavy atom. The third-order valence-electron chi connectivity index (χ3n) is 2.00. The summed E-state index contributed by atoms with van der Waals surface area (Å²) in [7, 11) is -1.81. The van der Waals surface area contributed by atoms with Gasteiger partial charge in [-0.3, -0.25) is 0 Å². The first kappa shape index (κ1) is 13.8. The molecule has 0 amide bonds. The Hall–Kier alpha value is 0.757. The predicted molar refractivity (Wildman–Crippen MR) is 63.1 cm³/mol. The van der Waals surface area contributed by atoms with E-state index in [2.05, 4.69) is 20.0 Å². The quantitative estimate of drug-likeness (QED) is 0.371. The van der Waals surface area contributed by atoms with Crippen LogP contribution in [0.25, 0.3) is 0 Å². The number of unbranched alkanes of at least 4 members (excludes halogenated alkanes) is 3. The van der Waals surface area contributed by atoms with Gasteiger partial charge in [0, 0.05) is 6.61 Å². The summed E-state index contributed by atoms with van der Waals surface area (Å²) < 4.78 is 5.39. The molecule has 0 aromatic carbocycles. The molecule has 1 nitrogen and oxygen atoms in total. The van der Waals surface area contributed by atoms with Gasteiger partial charge in [-0.1, -0.05) is 26.2 Å². The summed E-state index contributed by atoms with van der Waals surface area (Å²) in [6.07, 6.45) is 4.92. The Balaban J connectivity index is 3.41. The first-order valence-electron chi connectivity index (χ1n) is 4.93. The van der Waals surface area contributed by atoms with E-state index in [-0.39, 0.29) is 4.46 Å². The molecule has 0 saturated carbocycles. The lowest BCUT2D eigenvalue weighted by Gasteiger charge is -2.23. The molecule has 0 fully saturated rings. The van der Waals surface area contributed by atoms with Crippen molar-refractivity contribution >= 4 is 31.5 Å². The molecule has 0 radical (unpaired) electrons. The summed E-state index contributed by atoms with van der Waals surface area (Å²) in [5.41, 5.74) is 0. The maximum absolute atomic E-state index is 5.81. The average Bonchev–Trinajstić information content (AvgIpc) is 2.03. The molecule has 0 heterocycles. The maximum atomic E-state index is 5.81. The fraction of sp³-hybridized carbons (Fsp3) is 1.00. The van der Waals surface area contributed by atoms with Crippen LogP contribution < -0.4 is 0 Å². The van der Waals surface area contributed by atoms with Crippen LogP contribution in [0.1, 0.15) is 32.6 Å². The molecule has 0 spiro atoms. The number of halogens is 2. The van der Waals surface area contributed by atoms with Gasteiger partial charge in [0.1, 0.15) is 4.46 Å². The van der Waals surface area contributed by atoms with E-state index < -0.39 is 8.32 Å². The maximum Gasteiger partial charge on any atom is 0.220 e. The SMILES string of the molecule is CCCCCCO[Si](C)(C)C(Cl)Cl. The van der Waals surface area contributed by atoms with Crippen LogP contribution in [0.5, 0.6) is 0 Å². The van der Waals surface area contributed by atoms with E-state index in [9.17, 15) is 0 Å². The lowest BCUT2D eigenvalue weighted by molar-refractivity contribution is 0.296. The van der Waals surface area contributed by atoms with Crippen LogP contribution in [0.15, 0.2) is 0 Å². The van der Waals surface area contributed by atoms with Gasteiger partial charge in [0.2, 0.25) is 8.32 Å². The molecular formula is C9H20Cl2OSi. The van der Waals surface area contributed by atoms with Crippen molar-refractivity contribution in [2.45, 2.75) is 50.2 Å². The summed E-state index contributed by atoms with van der Waals surface area (Å²) in [5.74, 6) is 0. The summed E-state index contributed by atoms with van der Waals surface area (Å²) in [4.78, 5) is 0. The van der Waals surface area contributed by atoms with Crippen LogP contribution in [0.4, 0.5) is 0 Å². The fourth-order valence-electron chi connectivity index (χ4n) is 0.927. The lowest BCUT2D eigenvalue weighted by atomic mass is 10.2. The van der Waals surface area contributed by atoms with E-state index in [1.807, 2.05) is 0 Å². The van der Waals surface area contributed by atoms with Crippen molar-refractivity contribution < 1.29 is 4.43 Å². The monoisotopic (exact) mass is 242 g/mol. The van der Waals surface area contributed by atoms with E-state index in [1.54, 1.807) is 0 Å². The third kappa shape index (κ3) is 6.78. The van der Waals surface area contributed by atoms with Crippen molar-refractivity contribution in [3.63, 3.8) is 0 Å². The molecule has 0 rings (SSSR count). The zero-order valence-corrected chi connectivity index (χ0v) is 11.3. The van der Waals surface area contributed by atoms with Crippen molar-refractivity contribution in [3.05, 3.63) is 0 Å². The van der Waals surface area contributed by atoms with Crippen molar-refractivity contribution in [1.82, 2.24) is 0 Å². The minimum atomic E-state index is -1.81. The highest BCUT2D eigenvalue weighted by Crippen LogP contribution is 2.19. The van der Waals surface area contributed by atoms with Gasteiger partial charge in [0.05, 0.1) is 0 Å². The Morgan fingerprint density at radius 1 is 1.15 bits per heavy atom. The average molecular weight is 243 g/mol. The largest absolute Gasteiger partial charge is 0.415 e. The molecule has 13 heavy (non-hydrogen) atoms. The van der Waals surface area contributed by atoms with E-state index in [0.717, 1.165) is 13.0 Å². The molecule has 0 N–H and O–H groups in total. The van der Waals surface area contributed by atoms with Crippen LogP contribution in [0.2, 0.25) is 13.1 Å². The first-order valence-corrected chi connectivity index (χ1v) is 8.78. The van der Waals surface area contributed by atoms with Crippen LogP contribution in [-0.2, 0) is 4.43 Å². The topological polar surface area (TPSA) is 9.23 Å². The standard InChI is InChI=1S/C9H20Cl2OSi/c1-4-5-6-7-8-12-13(2,3)9(10)11/h9H,4-8H2,1-3H3. The lowest BCUT2D eigenvalue weighted by Crippen LogP contribution is -2.38. The van der Waals surface area contributed by atoms with Crippen LogP contribution in [-0.4, -0.2) is 19.4 Å². The molecule has 0 aliphatic heterocycles. The highest BCUT2D eigenvalue weighted by molar-refractivity contribution is 6.87. The minimum Gasteiger partial charge on any atom is -0.415 e. The van der Waals surface area contributed by atoms with Crippen molar-refractivity contribution in [1.29, 1.82) is 0 Å². The van der Waals surface area contributed by atoms with Gasteiger partial charge in [-0.05, 0) is 19.5 Å². The molecule has 0 unspecified atom stereocenters. The van der Waals surface area contributed by atoms with E-state index in [0.29, 0.717) is 0 Å². The Morgan fingerprint density at radius 3 is 2.23 bits per heavy atom. The van der Waals surface area contributed by atoms with Crippen molar-refractivity contribution in [2.75, 3.05) is 6.61 Å². The van der Waals surface area contributed by atoms with Crippen LogP contribution in [0, 0.1) is 0 Å². The molecule has 0 aliphatic carbocycles. The molecule has 4 heteroatoms. The number of rotatable bonds is 7. The Kier molecular flexibility index (Phi) is 7.52. The second-order valence-corrected chi connectivity index (χ2v) is 9.71. The first-order chi connectivity index (χ1) is 6.00. The normalized spacial score (nSPS) is 12.5. The molecule has 0 aliphatic rings. The van der Waals surface area contributed by atoms with Gasteiger partial charge in [-0.2, -0.15) is 0 Å². The van der Waals surface area contributed by atoms with Gasteiger partial charge in [0.25, 0.3) is 0 Å². The molecular weight excluding hydrogens is 223 g/mol. The molecule has 0 saturated heterocycles. The highest BCUT2D eigenvalue weighted by Gasteiger charge is 2.30. The van der Waals surface area contributed by atoms with Crippen LogP contribution in [0.3, 0.4) is 0 Å². The molecule has 0 atom stereocenters. The smallest absolute Gasteiger partial charge is 0.220 e. The number of hydrogen-bond donors (Lipinski definition) is 0. The van der Waals surface area contributed by atoms with Gasteiger partial charge < -0.3 is 4.43 Å². The summed E-state index contributed by atoms with van der Waals surface area (Å²) in [6, 6.07) is 0. The second-order valence-electron chi connectivity index (χ2n) is 3.81. The summed E-state index contributed by atoms with van der Waals surface area (Å²) >= 11 is 11.6. The second kappa shape index (κ2) is 7.10. The zero-order chi connectivity index (χ0) is 10.3. The van der Waals surface area contributed by atoms with Crippen molar-refractivity contribution in [3.8, 4) is 0 Å². The van der Waals surface area contributed by atoms with Gasteiger partial charge in [-0.25, -0.2) is 0 Å². The number of alkyl halides is 2. The fourth-order valence-corrected chi connectivity index (χ4v) is 2.10. The number of hydrogen-bond acceptors (Lipinski definition) is 1. The van der Waals surface area contributed by atoms with E-state index in [1.165, 1.54) is 19.3 Å². The zero-order valence-electron chi connectivity index (χ0n) is 8.78. The Bertz CT molecular complexity index is 129. The van der Waals surface area contributed by atoms with E-state index in [4.69, 9.17) is 27.6 Å². The summed E-state index contributed by atoms with van der Waals surface area (Å²) in [5, 5.41) is 0. The summed E-state index contributed by atoms with van der Waals surface area (Å²) in [6.45, 7) is 7.12. The molecule has 0 bridgehead atoms. The highest BCUT2D eigenvalue weighted by atomic mass is 35.5.